The van der Waals surface area contributed by atoms with Crippen LogP contribution in [0.25, 0.3) is 0 Å². The number of carbonyl (C=O) groups excluding carboxylic acids is 2. The minimum absolute atomic E-state index is 0.0221. The maximum absolute atomic E-state index is 12.5. The van der Waals surface area contributed by atoms with Gasteiger partial charge in [0.05, 0.1) is 25.4 Å². The molecule has 0 heterocycles. The molecule has 0 saturated heterocycles. The van der Waals surface area contributed by atoms with E-state index in [4.69, 9.17) is 4.74 Å². The number of aliphatic hydroxyl groups is 2. The van der Waals surface area contributed by atoms with Crippen molar-refractivity contribution in [1.82, 2.24) is 5.32 Å². The van der Waals surface area contributed by atoms with Crippen LogP contribution in [0.2, 0.25) is 0 Å². The first-order valence-corrected chi connectivity index (χ1v) is 36.1. The summed E-state index contributed by atoms with van der Waals surface area (Å²) in [4.78, 5) is 24.6. The summed E-state index contributed by atoms with van der Waals surface area (Å²) < 4.78 is 5.50. The molecular weight excluding hydrogens is 971 g/mol. The predicted octanol–water partition coefficient (Wildman–Crippen LogP) is 23.3. The predicted molar refractivity (Wildman–Crippen MR) is 347 cm³/mol. The summed E-state index contributed by atoms with van der Waals surface area (Å²) in [6.45, 7) is 4.94. The third-order valence-corrected chi connectivity index (χ3v) is 17.0. The lowest BCUT2D eigenvalue weighted by Crippen LogP contribution is -2.45. The van der Waals surface area contributed by atoms with Gasteiger partial charge in [0.2, 0.25) is 5.91 Å². The van der Waals surface area contributed by atoms with Crippen LogP contribution in [0.1, 0.15) is 406 Å². The van der Waals surface area contributed by atoms with Crippen LogP contribution in [0, 0.1) is 0 Å². The Labute approximate surface area is 494 Å². The number of ether oxygens (including phenoxy) is 1. The van der Waals surface area contributed by atoms with Gasteiger partial charge in [0, 0.05) is 12.8 Å². The Balaban J connectivity index is 3.35. The van der Waals surface area contributed by atoms with Crippen molar-refractivity contribution in [2.45, 2.75) is 418 Å². The molecule has 0 aliphatic heterocycles. The summed E-state index contributed by atoms with van der Waals surface area (Å²) in [5, 5.41) is 23.1. The molecule has 6 heteroatoms. The van der Waals surface area contributed by atoms with E-state index in [1.807, 2.05) is 6.08 Å². The maximum atomic E-state index is 12.5. The molecule has 0 saturated carbocycles. The number of nitrogens with one attached hydrogen (secondary N) is 1. The second-order valence-corrected chi connectivity index (χ2v) is 24.9. The van der Waals surface area contributed by atoms with Crippen molar-refractivity contribution in [1.29, 1.82) is 0 Å². The van der Waals surface area contributed by atoms with Gasteiger partial charge >= 0.3 is 5.97 Å². The summed E-state index contributed by atoms with van der Waals surface area (Å²) >= 11 is 0. The second-order valence-electron chi connectivity index (χ2n) is 24.9. The summed E-state index contributed by atoms with van der Waals surface area (Å²) in [6.07, 6.45) is 87.0. The lowest BCUT2D eigenvalue weighted by atomic mass is 10.0. The molecule has 6 nitrogen and oxygen atoms in total. The first-order chi connectivity index (χ1) is 39.0. The summed E-state index contributed by atoms with van der Waals surface area (Å²) in [7, 11) is 0. The Kier molecular flexibility index (Phi) is 67.4. The lowest BCUT2D eigenvalue weighted by molar-refractivity contribution is -0.143. The van der Waals surface area contributed by atoms with E-state index in [-0.39, 0.29) is 18.5 Å². The second kappa shape index (κ2) is 68.8. The van der Waals surface area contributed by atoms with E-state index in [0.717, 1.165) is 38.5 Å². The molecule has 2 atom stereocenters. The van der Waals surface area contributed by atoms with E-state index in [0.29, 0.717) is 19.4 Å². The zero-order valence-electron chi connectivity index (χ0n) is 53.6. The first kappa shape index (κ1) is 77.3. The molecule has 3 N–H and O–H groups in total. The monoisotopic (exact) mass is 1110 g/mol. The fraction of sp³-hybridized carbons (Fsp3) is 0.918. The minimum atomic E-state index is -0.842. The van der Waals surface area contributed by atoms with Crippen LogP contribution < -0.4 is 5.32 Å². The highest BCUT2D eigenvalue weighted by Crippen LogP contribution is 2.19. The summed E-state index contributed by atoms with van der Waals surface area (Å²) in [5.41, 5.74) is 0. The molecule has 79 heavy (non-hydrogen) atoms. The molecule has 0 bridgehead atoms. The smallest absolute Gasteiger partial charge is 0.305 e. The molecule has 1 amide bonds. The summed E-state index contributed by atoms with van der Waals surface area (Å²) in [6, 6.07) is -0.625. The van der Waals surface area contributed by atoms with Gasteiger partial charge in [-0.2, -0.15) is 0 Å². The molecule has 0 rings (SSSR count). The van der Waals surface area contributed by atoms with Gasteiger partial charge in [-0.15, -0.1) is 0 Å². The lowest BCUT2D eigenvalue weighted by Gasteiger charge is -2.20. The number of allylic oxidation sites excluding steroid dienone is 3. The molecule has 0 aromatic carbocycles. The first-order valence-electron chi connectivity index (χ1n) is 36.1. The van der Waals surface area contributed by atoms with Crippen molar-refractivity contribution in [3.05, 3.63) is 24.3 Å². The van der Waals surface area contributed by atoms with Crippen molar-refractivity contribution in [3.63, 3.8) is 0 Å². The molecule has 0 aliphatic carbocycles. The highest BCUT2D eigenvalue weighted by molar-refractivity contribution is 5.76. The molecule has 0 aromatic heterocycles. The van der Waals surface area contributed by atoms with Gasteiger partial charge < -0.3 is 20.3 Å². The SMILES string of the molecule is CCCCCCCCCCCCCC/C=C/C(O)C(CO)NC(=O)CCCCCCCCCCCCCCCCCC/C=C\CCCCCCCCCCCCCCOC(=O)CCCCCCCCCCCCCCCCCC. The van der Waals surface area contributed by atoms with Crippen molar-refractivity contribution < 1.29 is 24.5 Å². The van der Waals surface area contributed by atoms with E-state index in [2.05, 4.69) is 31.3 Å². The van der Waals surface area contributed by atoms with Gasteiger partial charge in [-0.05, 0) is 57.8 Å². The third kappa shape index (κ3) is 65.4. The molecule has 468 valence electrons. The Morgan fingerprint density at radius 3 is 0.899 bits per heavy atom. The Morgan fingerprint density at radius 2 is 0.595 bits per heavy atom. The van der Waals surface area contributed by atoms with Crippen LogP contribution in [-0.2, 0) is 14.3 Å². The van der Waals surface area contributed by atoms with Crippen LogP contribution >= 0.6 is 0 Å². The highest BCUT2D eigenvalue weighted by Gasteiger charge is 2.18. The van der Waals surface area contributed by atoms with Gasteiger partial charge in [-0.1, -0.05) is 359 Å². The number of esters is 1. The number of hydrogen-bond donors (Lipinski definition) is 3. The van der Waals surface area contributed by atoms with Gasteiger partial charge in [-0.3, -0.25) is 9.59 Å². The zero-order valence-corrected chi connectivity index (χ0v) is 53.6. The third-order valence-electron chi connectivity index (χ3n) is 17.0. The van der Waals surface area contributed by atoms with Crippen molar-refractivity contribution in [3.8, 4) is 0 Å². The summed E-state index contributed by atoms with van der Waals surface area (Å²) in [5.74, 6) is -0.0411. The van der Waals surface area contributed by atoms with Crippen LogP contribution in [0.3, 0.4) is 0 Å². The minimum Gasteiger partial charge on any atom is -0.466 e. The van der Waals surface area contributed by atoms with Gasteiger partial charge in [-0.25, -0.2) is 0 Å². The Bertz CT molecular complexity index is 1230. The maximum Gasteiger partial charge on any atom is 0.305 e. The normalized spacial score (nSPS) is 12.6. The Hall–Kier alpha value is -1.66. The molecule has 0 fully saturated rings. The fourth-order valence-electron chi connectivity index (χ4n) is 11.5. The van der Waals surface area contributed by atoms with Crippen LogP contribution in [0.15, 0.2) is 24.3 Å². The van der Waals surface area contributed by atoms with Crippen LogP contribution in [-0.4, -0.2) is 47.4 Å². The molecule has 0 spiro atoms. The Morgan fingerprint density at radius 1 is 0.342 bits per heavy atom. The number of unbranched alkanes of at least 4 members (excludes halogenated alkanes) is 55. The molecular formula is C73H141NO5. The number of carbonyl (C=O) groups is 2. The van der Waals surface area contributed by atoms with E-state index in [1.54, 1.807) is 6.08 Å². The quantitative estimate of drug-likeness (QED) is 0.0320. The molecule has 2 unspecified atom stereocenters. The van der Waals surface area contributed by atoms with Crippen molar-refractivity contribution in [2.24, 2.45) is 0 Å². The van der Waals surface area contributed by atoms with E-state index in [1.165, 1.54) is 340 Å². The average molecular weight is 1110 g/mol. The zero-order chi connectivity index (χ0) is 57.1. The van der Waals surface area contributed by atoms with Gasteiger partial charge in [0.25, 0.3) is 0 Å². The molecule has 0 aliphatic rings. The number of hydrogen-bond acceptors (Lipinski definition) is 5. The van der Waals surface area contributed by atoms with E-state index < -0.39 is 12.1 Å². The van der Waals surface area contributed by atoms with Crippen LogP contribution in [0.4, 0.5) is 0 Å². The standard InChI is InChI=1S/C73H141NO5/c1-3-5-7-9-11-13-15-17-19-39-43-47-51-55-59-63-67-73(78)79-68-64-60-56-52-48-44-40-37-35-33-31-29-27-25-23-21-20-22-24-26-28-30-32-34-36-38-42-46-50-54-58-62-66-72(77)74-70(69-75)71(76)65-61-57-53-49-45-41-18-16-14-12-10-8-6-4-2/h23,25,61,65,70-71,75-76H,3-22,24,26-60,62-64,66-69H2,1-2H3,(H,74,77)/b25-23-,65-61+. The van der Waals surface area contributed by atoms with Crippen molar-refractivity contribution >= 4 is 11.9 Å². The average Bonchev–Trinajstić information content (AvgIpc) is 3.45. The number of rotatable bonds is 68. The number of aliphatic hydroxyl groups excluding tert-OH is 2. The van der Waals surface area contributed by atoms with Gasteiger partial charge in [0.1, 0.15) is 0 Å². The highest BCUT2D eigenvalue weighted by atomic mass is 16.5. The van der Waals surface area contributed by atoms with Crippen molar-refractivity contribution in [2.75, 3.05) is 13.2 Å². The molecule has 0 radical (unpaired) electrons. The fourth-order valence-corrected chi connectivity index (χ4v) is 11.5. The van der Waals surface area contributed by atoms with E-state index >= 15 is 0 Å². The van der Waals surface area contributed by atoms with E-state index in [9.17, 15) is 19.8 Å². The topological polar surface area (TPSA) is 95.9 Å². The van der Waals surface area contributed by atoms with Crippen LogP contribution in [0.5, 0.6) is 0 Å². The number of amides is 1. The molecule has 0 aromatic rings. The van der Waals surface area contributed by atoms with Gasteiger partial charge in [0.15, 0.2) is 0 Å². The largest absolute Gasteiger partial charge is 0.466 e.